The SMILES string of the molecule is Cc1cc(NC(=O)COC(=O)[C@H](Cc2ccccc2)NC(=O)c2ccccc2)n(-c2ccccc2)n1. The van der Waals surface area contributed by atoms with Gasteiger partial charge in [0.05, 0.1) is 11.4 Å². The largest absolute Gasteiger partial charge is 0.454 e. The summed E-state index contributed by atoms with van der Waals surface area (Å²) in [5.74, 6) is -1.17. The molecule has 0 radical (unpaired) electrons. The minimum absolute atomic E-state index is 0.222. The number of carbonyl (C=O) groups is 3. The molecule has 0 aliphatic heterocycles. The first-order chi connectivity index (χ1) is 17.5. The van der Waals surface area contributed by atoms with Gasteiger partial charge in [-0.3, -0.25) is 9.59 Å². The molecule has 36 heavy (non-hydrogen) atoms. The lowest BCUT2D eigenvalue weighted by molar-refractivity contribution is -0.149. The van der Waals surface area contributed by atoms with Gasteiger partial charge in [0.2, 0.25) is 0 Å². The van der Waals surface area contributed by atoms with Gasteiger partial charge in [-0.05, 0) is 36.8 Å². The van der Waals surface area contributed by atoms with E-state index in [1.807, 2.05) is 67.6 Å². The number of carbonyl (C=O) groups excluding carboxylic acids is 3. The fourth-order valence-electron chi connectivity index (χ4n) is 3.64. The van der Waals surface area contributed by atoms with E-state index in [0.29, 0.717) is 11.4 Å². The number of nitrogens with zero attached hydrogens (tertiary/aromatic N) is 2. The Morgan fingerprint density at radius 3 is 2.17 bits per heavy atom. The summed E-state index contributed by atoms with van der Waals surface area (Å²) in [6, 6.07) is 28.0. The third kappa shape index (κ3) is 6.44. The van der Waals surface area contributed by atoms with Gasteiger partial charge in [0.25, 0.3) is 11.8 Å². The second-order valence-electron chi connectivity index (χ2n) is 8.16. The number of aromatic nitrogens is 2. The fourth-order valence-corrected chi connectivity index (χ4v) is 3.64. The number of benzene rings is 3. The van der Waals surface area contributed by atoms with Crippen LogP contribution in [0.5, 0.6) is 0 Å². The highest BCUT2D eigenvalue weighted by Crippen LogP contribution is 2.17. The molecule has 182 valence electrons. The molecule has 8 nitrogen and oxygen atoms in total. The predicted molar refractivity (Wildman–Crippen MR) is 136 cm³/mol. The number of ether oxygens (including phenoxy) is 1. The van der Waals surface area contributed by atoms with Gasteiger partial charge in [-0.15, -0.1) is 0 Å². The second kappa shape index (κ2) is 11.6. The van der Waals surface area contributed by atoms with Gasteiger partial charge in [0, 0.05) is 18.1 Å². The molecule has 4 aromatic rings. The molecule has 0 bridgehead atoms. The van der Waals surface area contributed by atoms with Crippen LogP contribution in [0.3, 0.4) is 0 Å². The van der Waals surface area contributed by atoms with E-state index in [9.17, 15) is 14.4 Å². The first kappa shape index (κ1) is 24.4. The molecule has 1 atom stereocenters. The number of amides is 2. The molecule has 0 saturated carbocycles. The summed E-state index contributed by atoms with van der Waals surface area (Å²) in [6.07, 6.45) is 0.222. The molecule has 0 fully saturated rings. The Labute approximate surface area is 208 Å². The van der Waals surface area contributed by atoms with E-state index in [-0.39, 0.29) is 6.42 Å². The molecule has 8 heteroatoms. The van der Waals surface area contributed by atoms with Crippen LogP contribution in [0.1, 0.15) is 21.6 Å². The lowest BCUT2D eigenvalue weighted by Crippen LogP contribution is -2.44. The Morgan fingerprint density at radius 1 is 0.889 bits per heavy atom. The van der Waals surface area contributed by atoms with Gasteiger partial charge in [-0.1, -0.05) is 66.7 Å². The van der Waals surface area contributed by atoms with E-state index in [4.69, 9.17) is 4.74 Å². The third-order valence-electron chi connectivity index (χ3n) is 5.35. The Kier molecular flexibility index (Phi) is 7.87. The van der Waals surface area contributed by atoms with Crippen molar-refractivity contribution in [3.05, 3.63) is 114 Å². The van der Waals surface area contributed by atoms with Crippen LogP contribution in [0.2, 0.25) is 0 Å². The minimum atomic E-state index is -0.968. The van der Waals surface area contributed by atoms with Crippen LogP contribution in [0, 0.1) is 6.92 Å². The van der Waals surface area contributed by atoms with E-state index in [0.717, 1.165) is 16.9 Å². The van der Waals surface area contributed by atoms with Crippen LogP contribution in [-0.4, -0.2) is 40.2 Å². The first-order valence-electron chi connectivity index (χ1n) is 11.5. The Bertz CT molecular complexity index is 1320. The molecule has 2 N–H and O–H groups in total. The van der Waals surface area contributed by atoms with Gasteiger partial charge in [-0.2, -0.15) is 5.10 Å². The maximum atomic E-state index is 12.9. The molecule has 2 amide bonds. The summed E-state index contributed by atoms with van der Waals surface area (Å²) in [5.41, 5.74) is 2.77. The number of para-hydroxylation sites is 1. The molecular weight excluding hydrogens is 456 g/mol. The Hall–Kier alpha value is -4.72. The fraction of sp³-hybridized carbons (Fsp3) is 0.143. The smallest absolute Gasteiger partial charge is 0.329 e. The average Bonchev–Trinajstić information content (AvgIpc) is 3.28. The number of hydrogen-bond donors (Lipinski definition) is 2. The summed E-state index contributed by atoms with van der Waals surface area (Å²) in [5, 5.41) is 9.88. The first-order valence-corrected chi connectivity index (χ1v) is 11.5. The zero-order valence-electron chi connectivity index (χ0n) is 19.8. The lowest BCUT2D eigenvalue weighted by Gasteiger charge is -2.18. The van der Waals surface area contributed by atoms with Crippen LogP contribution < -0.4 is 10.6 Å². The van der Waals surface area contributed by atoms with E-state index < -0.39 is 30.4 Å². The highest BCUT2D eigenvalue weighted by molar-refractivity contribution is 5.97. The number of esters is 1. The van der Waals surface area contributed by atoms with Gasteiger partial charge >= 0.3 is 5.97 Å². The van der Waals surface area contributed by atoms with E-state index in [1.54, 1.807) is 41.1 Å². The molecule has 0 saturated heterocycles. The zero-order chi connectivity index (χ0) is 25.3. The number of anilines is 1. The van der Waals surface area contributed by atoms with Crippen molar-refractivity contribution in [1.82, 2.24) is 15.1 Å². The molecule has 1 heterocycles. The molecule has 4 rings (SSSR count). The molecule has 1 aromatic heterocycles. The lowest BCUT2D eigenvalue weighted by atomic mass is 10.1. The van der Waals surface area contributed by atoms with Gasteiger partial charge in [-0.25, -0.2) is 9.48 Å². The van der Waals surface area contributed by atoms with Crippen LogP contribution in [-0.2, 0) is 20.7 Å². The van der Waals surface area contributed by atoms with Crippen molar-refractivity contribution in [2.45, 2.75) is 19.4 Å². The molecule has 0 unspecified atom stereocenters. The maximum absolute atomic E-state index is 12.9. The van der Waals surface area contributed by atoms with E-state index >= 15 is 0 Å². The predicted octanol–water partition coefficient (Wildman–Crippen LogP) is 3.70. The van der Waals surface area contributed by atoms with E-state index in [1.165, 1.54) is 0 Å². The summed E-state index contributed by atoms with van der Waals surface area (Å²) in [7, 11) is 0. The topological polar surface area (TPSA) is 102 Å². The summed E-state index contributed by atoms with van der Waals surface area (Å²) >= 11 is 0. The van der Waals surface area contributed by atoms with E-state index in [2.05, 4.69) is 15.7 Å². The summed E-state index contributed by atoms with van der Waals surface area (Å²) in [6.45, 7) is 1.31. The van der Waals surface area contributed by atoms with Crippen molar-refractivity contribution in [2.24, 2.45) is 0 Å². The Morgan fingerprint density at radius 2 is 1.50 bits per heavy atom. The normalized spacial score (nSPS) is 11.4. The van der Waals surface area contributed by atoms with Crippen molar-refractivity contribution < 1.29 is 19.1 Å². The average molecular weight is 483 g/mol. The summed E-state index contributed by atoms with van der Waals surface area (Å²) in [4.78, 5) is 38.2. The minimum Gasteiger partial charge on any atom is -0.454 e. The van der Waals surface area contributed by atoms with Crippen LogP contribution >= 0.6 is 0 Å². The molecule has 0 aliphatic carbocycles. The number of rotatable bonds is 9. The molecule has 0 spiro atoms. The highest BCUT2D eigenvalue weighted by atomic mass is 16.5. The van der Waals surface area contributed by atoms with Crippen molar-refractivity contribution in [1.29, 1.82) is 0 Å². The summed E-state index contributed by atoms with van der Waals surface area (Å²) < 4.78 is 6.91. The van der Waals surface area contributed by atoms with Crippen molar-refractivity contribution in [3.8, 4) is 5.69 Å². The van der Waals surface area contributed by atoms with Crippen LogP contribution in [0.25, 0.3) is 5.69 Å². The molecule has 3 aromatic carbocycles. The molecular formula is C28H26N4O4. The second-order valence-corrected chi connectivity index (χ2v) is 8.16. The van der Waals surface area contributed by atoms with Crippen molar-refractivity contribution in [3.63, 3.8) is 0 Å². The van der Waals surface area contributed by atoms with Crippen molar-refractivity contribution >= 4 is 23.6 Å². The number of aryl methyl sites for hydroxylation is 1. The van der Waals surface area contributed by atoms with Gasteiger partial charge in [0.15, 0.2) is 6.61 Å². The molecule has 0 aliphatic rings. The van der Waals surface area contributed by atoms with Crippen LogP contribution in [0.15, 0.2) is 97.1 Å². The Balaban J connectivity index is 1.41. The zero-order valence-corrected chi connectivity index (χ0v) is 19.8. The number of hydrogen-bond acceptors (Lipinski definition) is 5. The van der Waals surface area contributed by atoms with Gasteiger partial charge in [0.1, 0.15) is 11.9 Å². The highest BCUT2D eigenvalue weighted by Gasteiger charge is 2.24. The quantitative estimate of drug-likeness (QED) is 0.354. The van der Waals surface area contributed by atoms with Crippen LogP contribution in [0.4, 0.5) is 5.82 Å². The standard InChI is InChI=1S/C28H26N4O4/c1-20-17-25(32(31-20)23-15-9-4-10-16-23)30-26(33)19-36-28(35)24(18-21-11-5-2-6-12-21)29-27(34)22-13-7-3-8-14-22/h2-17,24H,18-19H2,1H3,(H,29,34)(H,30,33)/t24-/m0/s1. The van der Waals surface area contributed by atoms with Crippen molar-refractivity contribution in [2.75, 3.05) is 11.9 Å². The monoisotopic (exact) mass is 482 g/mol. The third-order valence-corrected chi connectivity index (χ3v) is 5.35. The maximum Gasteiger partial charge on any atom is 0.329 e. The number of nitrogens with one attached hydrogen (secondary N) is 2. The van der Waals surface area contributed by atoms with Gasteiger partial charge < -0.3 is 15.4 Å².